The molecule has 1 aliphatic rings. The van der Waals surface area contributed by atoms with E-state index in [9.17, 15) is 0 Å². The van der Waals surface area contributed by atoms with E-state index in [0.717, 1.165) is 41.9 Å². The van der Waals surface area contributed by atoms with E-state index in [2.05, 4.69) is 23.7 Å². The maximum atomic E-state index is 5.75. The highest BCUT2D eigenvalue weighted by Crippen LogP contribution is 2.37. The van der Waals surface area contributed by atoms with Crippen molar-refractivity contribution in [3.05, 3.63) is 11.1 Å². The van der Waals surface area contributed by atoms with Gasteiger partial charge in [0.1, 0.15) is 0 Å². The Bertz CT molecular complexity index is 582. The fourth-order valence-electron chi connectivity index (χ4n) is 2.51. The van der Waals surface area contributed by atoms with E-state index in [4.69, 9.17) is 10.7 Å². The van der Waals surface area contributed by atoms with Crippen molar-refractivity contribution in [2.24, 2.45) is 5.92 Å². The molecule has 3 rings (SSSR count). The molecule has 0 atom stereocenters. The van der Waals surface area contributed by atoms with E-state index in [-0.39, 0.29) is 0 Å². The van der Waals surface area contributed by atoms with E-state index in [1.54, 1.807) is 11.3 Å². The van der Waals surface area contributed by atoms with Crippen LogP contribution >= 0.6 is 22.7 Å². The Kier molecular flexibility index (Phi) is 3.94. The van der Waals surface area contributed by atoms with E-state index >= 15 is 0 Å². The molecule has 0 saturated carbocycles. The monoisotopic (exact) mass is 308 g/mol. The first-order valence-corrected chi connectivity index (χ1v) is 8.83. The number of nitrogens with zero attached hydrogens (tertiary/aromatic N) is 3. The number of hydrogen-bond donors (Lipinski definition) is 1. The third-order valence-electron chi connectivity index (χ3n) is 3.83. The molecule has 0 aliphatic carbocycles. The predicted octanol–water partition coefficient (Wildman–Crippen LogP) is 3.65. The highest BCUT2D eigenvalue weighted by Gasteiger charge is 2.21. The van der Waals surface area contributed by atoms with Gasteiger partial charge in [0.25, 0.3) is 0 Å². The molecule has 0 aromatic carbocycles. The van der Waals surface area contributed by atoms with Crippen molar-refractivity contribution in [1.82, 2.24) is 9.97 Å². The second kappa shape index (κ2) is 5.69. The zero-order chi connectivity index (χ0) is 14.1. The van der Waals surface area contributed by atoms with Crippen LogP contribution in [0.25, 0.3) is 10.6 Å². The normalized spacial score (nSPS) is 16.8. The van der Waals surface area contributed by atoms with Crippen molar-refractivity contribution in [2.45, 2.75) is 33.1 Å². The van der Waals surface area contributed by atoms with Crippen LogP contribution in [0.4, 0.5) is 10.3 Å². The molecule has 2 N–H and O–H groups in total. The minimum absolute atomic E-state index is 0.629. The second-order valence-corrected chi connectivity index (χ2v) is 7.23. The minimum Gasteiger partial charge on any atom is -0.375 e. The highest BCUT2D eigenvalue weighted by molar-refractivity contribution is 7.19. The number of piperidine rings is 1. The Balaban J connectivity index is 1.88. The summed E-state index contributed by atoms with van der Waals surface area (Å²) in [5, 5.41) is 3.81. The van der Waals surface area contributed by atoms with Crippen LogP contribution in [0.1, 0.15) is 32.4 Å². The Morgan fingerprint density at radius 3 is 2.70 bits per heavy atom. The lowest BCUT2D eigenvalue weighted by Crippen LogP contribution is -2.32. The molecule has 6 heteroatoms. The van der Waals surface area contributed by atoms with E-state index in [0.29, 0.717) is 5.13 Å². The van der Waals surface area contributed by atoms with Crippen molar-refractivity contribution in [3.63, 3.8) is 0 Å². The highest BCUT2D eigenvalue weighted by atomic mass is 32.1. The van der Waals surface area contributed by atoms with Gasteiger partial charge < -0.3 is 10.6 Å². The minimum atomic E-state index is 0.629. The molecule has 0 unspecified atom stereocenters. The number of nitrogen functional groups attached to an aromatic ring is 1. The second-order valence-electron chi connectivity index (χ2n) is 5.37. The van der Waals surface area contributed by atoms with Gasteiger partial charge >= 0.3 is 0 Å². The van der Waals surface area contributed by atoms with Gasteiger partial charge in [-0.15, -0.1) is 11.3 Å². The van der Waals surface area contributed by atoms with Crippen molar-refractivity contribution in [1.29, 1.82) is 0 Å². The SMILES string of the molecule is CCc1nc(N2CCC(C)CC2)sc1-c1csc(N)n1. The summed E-state index contributed by atoms with van der Waals surface area (Å²) < 4.78 is 0. The first kappa shape index (κ1) is 13.8. The summed E-state index contributed by atoms with van der Waals surface area (Å²) in [4.78, 5) is 12.8. The van der Waals surface area contributed by atoms with Crippen LogP contribution in [0.5, 0.6) is 0 Å². The first-order chi connectivity index (χ1) is 9.67. The predicted molar refractivity (Wildman–Crippen MR) is 87.6 cm³/mol. The summed E-state index contributed by atoms with van der Waals surface area (Å²) in [5.41, 5.74) is 7.89. The number of thiazole rings is 2. The van der Waals surface area contributed by atoms with Crippen molar-refractivity contribution < 1.29 is 0 Å². The average Bonchev–Trinajstić information content (AvgIpc) is 3.05. The molecule has 108 valence electrons. The molecule has 0 spiro atoms. The van der Waals surface area contributed by atoms with Gasteiger partial charge in [-0.05, 0) is 25.2 Å². The summed E-state index contributed by atoms with van der Waals surface area (Å²) in [6.45, 7) is 6.73. The molecule has 0 amide bonds. The zero-order valence-corrected chi connectivity index (χ0v) is 13.6. The lowest BCUT2D eigenvalue weighted by molar-refractivity contribution is 0.438. The van der Waals surface area contributed by atoms with Crippen molar-refractivity contribution >= 4 is 32.9 Å². The van der Waals surface area contributed by atoms with E-state index in [1.165, 1.54) is 29.1 Å². The zero-order valence-electron chi connectivity index (χ0n) is 11.9. The summed E-state index contributed by atoms with van der Waals surface area (Å²) >= 11 is 3.26. The van der Waals surface area contributed by atoms with Gasteiger partial charge in [0.15, 0.2) is 10.3 Å². The number of hydrogen-bond acceptors (Lipinski definition) is 6. The molecular formula is C14H20N4S2. The first-order valence-electron chi connectivity index (χ1n) is 7.13. The maximum absolute atomic E-state index is 5.75. The van der Waals surface area contributed by atoms with E-state index in [1.807, 2.05) is 5.38 Å². The molecule has 1 aliphatic heterocycles. The van der Waals surface area contributed by atoms with Crippen LogP contribution in [0, 0.1) is 5.92 Å². The topological polar surface area (TPSA) is 55.0 Å². The fraction of sp³-hybridized carbons (Fsp3) is 0.571. The average molecular weight is 308 g/mol. The molecule has 0 bridgehead atoms. The van der Waals surface area contributed by atoms with Crippen molar-refractivity contribution in [2.75, 3.05) is 23.7 Å². The molecule has 2 aromatic heterocycles. The number of rotatable bonds is 3. The van der Waals surface area contributed by atoms with E-state index < -0.39 is 0 Å². The molecule has 1 fully saturated rings. The molecule has 1 saturated heterocycles. The standard InChI is InChI=1S/C14H20N4S2/c1-3-10-12(11-8-19-13(15)16-11)20-14(17-10)18-6-4-9(2)5-7-18/h8-9H,3-7H2,1-2H3,(H2,15,16). The largest absolute Gasteiger partial charge is 0.375 e. The molecule has 20 heavy (non-hydrogen) atoms. The third-order valence-corrected chi connectivity index (χ3v) is 5.68. The quantitative estimate of drug-likeness (QED) is 0.940. The summed E-state index contributed by atoms with van der Waals surface area (Å²) in [6, 6.07) is 0. The Hall–Kier alpha value is -1.14. The van der Waals surface area contributed by atoms with Crippen LogP contribution in [0.15, 0.2) is 5.38 Å². The van der Waals surface area contributed by atoms with Gasteiger partial charge in [0.05, 0.1) is 16.3 Å². The van der Waals surface area contributed by atoms with Gasteiger partial charge in [0, 0.05) is 18.5 Å². The van der Waals surface area contributed by atoms with Crippen LogP contribution < -0.4 is 10.6 Å². The molecule has 0 radical (unpaired) electrons. The summed E-state index contributed by atoms with van der Waals surface area (Å²) in [6.07, 6.45) is 3.47. The maximum Gasteiger partial charge on any atom is 0.186 e. The molecular weight excluding hydrogens is 288 g/mol. The smallest absolute Gasteiger partial charge is 0.186 e. The number of nitrogens with two attached hydrogens (primary N) is 1. The molecule has 4 nitrogen and oxygen atoms in total. The van der Waals surface area contributed by atoms with Crippen LogP contribution in [-0.2, 0) is 6.42 Å². The van der Waals surface area contributed by atoms with Gasteiger partial charge in [-0.3, -0.25) is 0 Å². The Labute approximate surface area is 127 Å². The van der Waals surface area contributed by atoms with Crippen LogP contribution in [0.2, 0.25) is 0 Å². The molecule has 3 heterocycles. The fourth-order valence-corrected chi connectivity index (χ4v) is 4.30. The summed E-state index contributed by atoms with van der Waals surface area (Å²) in [5.74, 6) is 0.842. The number of aryl methyl sites for hydroxylation is 1. The number of anilines is 2. The lowest BCUT2D eigenvalue weighted by atomic mass is 10.00. The van der Waals surface area contributed by atoms with Crippen LogP contribution in [0.3, 0.4) is 0 Å². The molecule has 2 aromatic rings. The van der Waals surface area contributed by atoms with Gasteiger partial charge in [-0.2, -0.15) is 0 Å². The Morgan fingerprint density at radius 1 is 1.35 bits per heavy atom. The third kappa shape index (κ3) is 2.67. The van der Waals surface area contributed by atoms with Crippen LogP contribution in [-0.4, -0.2) is 23.1 Å². The van der Waals surface area contributed by atoms with Gasteiger partial charge in [-0.25, -0.2) is 9.97 Å². The Morgan fingerprint density at radius 2 is 2.10 bits per heavy atom. The summed E-state index contributed by atoms with van der Waals surface area (Å²) in [7, 11) is 0. The van der Waals surface area contributed by atoms with Crippen molar-refractivity contribution in [3.8, 4) is 10.6 Å². The lowest BCUT2D eigenvalue weighted by Gasteiger charge is -2.29. The number of aromatic nitrogens is 2. The van der Waals surface area contributed by atoms with Gasteiger partial charge in [0.2, 0.25) is 0 Å². The van der Waals surface area contributed by atoms with Gasteiger partial charge in [-0.1, -0.05) is 25.2 Å².